The van der Waals surface area contributed by atoms with Crippen LogP contribution in [-0.2, 0) is 0 Å². The van der Waals surface area contributed by atoms with E-state index in [1.165, 1.54) is 64.3 Å². The van der Waals surface area contributed by atoms with Gasteiger partial charge in [0.2, 0.25) is 0 Å². The molecule has 130 valence electrons. The molecule has 2 unspecified atom stereocenters. The van der Waals surface area contributed by atoms with Crippen LogP contribution in [0.5, 0.6) is 0 Å². The number of fused-ring (bicyclic) bond motifs is 2. The van der Waals surface area contributed by atoms with Crippen LogP contribution >= 0.6 is 0 Å². The predicted molar refractivity (Wildman–Crippen MR) is 97.7 cm³/mol. The summed E-state index contributed by atoms with van der Waals surface area (Å²) in [4.78, 5) is 5.10. The molecule has 2 spiro atoms. The first-order valence-electron chi connectivity index (χ1n) is 10.3. The van der Waals surface area contributed by atoms with Crippen LogP contribution in [0, 0.1) is 34.5 Å². The molecule has 0 radical (unpaired) electrons. The summed E-state index contributed by atoms with van der Waals surface area (Å²) in [5.74, 6) is 3.47. The molecule has 23 heavy (non-hydrogen) atoms. The average molecular weight is 317 g/mol. The van der Waals surface area contributed by atoms with E-state index < -0.39 is 0 Å². The molecule has 3 fully saturated rings. The van der Waals surface area contributed by atoms with E-state index >= 15 is 0 Å². The van der Waals surface area contributed by atoms with E-state index in [0.717, 1.165) is 30.3 Å². The quantitative estimate of drug-likeness (QED) is 0.665. The molecule has 1 aliphatic heterocycles. The molecule has 1 heterocycles. The second-order valence-corrected chi connectivity index (χ2v) is 9.66. The van der Waals surface area contributed by atoms with E-state index in [0.29, 0.717) is 10.8 Å². The summed E-state index contributed by atoms with van der Waals surface area (Å²) in [5, 5.41) is 3.57. The Morgan fingerprint density at radius 1 is 0.913 bits per heavy atom. The Morgan fingerprint density at radius 2 is 1.52 bits per heavy atom. The summed E-state index contributed by atoms with van der Waals surface area (Å²) in [5.41, 5.74) is 2.73. The summed E-state index contributed by atoms with van der Waals surface area (Å²) in [6.45, 7) is 9.63. The Balaban J connectivity index is 1.70. The lowest BCUT2D eigenvalue weighted by molar-refractivity contribution is -0.0322. The Kier molecular flexibility index (Phi) is 4.11. The van der Waals surface area contributed by atoms with Gasteiger partial charge in [0.25, 0.3) is 0 Å². The minimum absolute atomic E-state index is 0.456. The predicted octanol–water partition coefficient (Wildman–Crippen LogP) is 5.04. The molecule has 0 bridgehead atoms. The minimum Gasteiger partial charge on any atom is -0.298 e. The summed E-state index contributed by atoms with van der Waals surface area (Å²) in [6, 6.07) is 0. The van der Waals surface area contributed by atoms with Gasteiger partial charge in [0.15, 0.2) is 0 Å². The molecule has 0 amide bonds. The number of hydrogen-bond donors (Lipinski definition) is 1. The second-order valence-electron chi connectivity index (χ2n) is 9.66. The molecule has 0 saturated heterocycles. The maximum atomic E-state index is 5.10. The number of hydrogen-bond acceptors (Lipinski definition) is 2. The van der Waals surface area contributed by atoms with Gasteiger partial charge in [-0.1, -0.05) is 33.6 Å². The van der Waals surface area contributed by atoms with Gasteiger partial charge in [-0.05, 0) is 68.1 Å². The Hall–Kier alpha value is -0.370. The van der Waals surface area contributed by atoms with E-state index in [1.807, 2.05) is 0 Å². The molecule has 3 saturated carbocycles. The molecular formula is C21H36N2. The van der Waals surface area contributed by atoms with Gasteiger partial charge in [0, 0.05) is 23.6 Å². The van der Waals surface area contributed by atoms with Gasteiger partial charge in [-0.3, -0.25) is 10.3 Å². The third kappa shape index (κ3) is 2.51. The maximum absolute atomic E-state index is 5.10. The number of nitrogens with one attached hydrogen (secondary N) is 1. The third-order valence-corrected chi connectivity index (χ3v) is 8.49. The van der Waals surface area contributed by atoms with E-state index in [4.69, 9.17) is 4.99 Å². The van der Waals surface area contributed by atoms with Crippen molar-refractivity contribution in [3.63, 3.8) is 0 Å². The van der Waals surface area contributed by atoms with Crippen LogP contribution in [0.25, 0.3) is 0 Å². The second kappa shape index (κ2) is 5.86. The van der Waals surface area contributed by atoms with Gasteiger partial charge in [-0.2, -0.15) is 0 Å². The monoisotopic (exact) mass is 316 g/mol. The van der Waals surface area contributed by atoms with Crippen LogP contribution in [0.4, 0.5) is 0 Å². The third-order valence-electron chi connectivity index (χ3n) is 8.49. The van der Waals surface area contributed by atoms with Crippen molar-refractivity contribution in [1.29, 1.82) is 0 Å². The van der Waals surface area contributed by atoms with E-state index in [2.05, 4.69) is 26.1 Å². The summed E-state index contributed by atoms with van der Waals surface area (Å²) in [7, 11) is 0. The van der Waals surface area contributed by atoms with Crippen LogP contribution in [-0.4, -0.2) is 18.9 Å². The van der Waals surface area contributed by atoms with Crippen LogP contribution in [0.1, 0.15) is 78.6 Å². The van der Waals surface area contributed by atoms with Crippen LogP contribution < -0.4 is 5.32 Å². The molecule has 4 aliphatic rings. The summed E-state index contributed by atoms with van der Waals surface area (Å²) < 4.78 is 0. The van der Waals surface area contributed by atoms with E-state index in [1.54, 1.807) is 5.71 Å². The van der Waals surface area contributed by atoms with Crippen molar-refractivity contribution in [2.45, 2.75) is 78.6 Å². The summed E-state index contributed by atoms with van der Waals surface area (Å²) >= 11 is 0. The molecule has 2 atom stereocenters. The fourth-order valence-corrected chi connectivity index (χ4v) is 6.75. The highest BCUT2D eigenvalue weighted by Crippen LogP contribution is 2.63. The van der Waals surface area contributed by atoms with Crippen molar-refractivity contribution in [1.82, 2.24) is 5.32 Å². The zero-order valence-corrected chi connectivity index (χ0v) is 15.5. The van der Waals surface area contributed by atoms with Gasteiger partial charge >= 0.3 is 0 Å². The SMILES string of the molecule is CC1CCC2(CC1)CC1CNCN=C1C1(CCC(C)CC1)C2C. The van der Waals surface area contributed by atoms with Gasteiger partial charge in [-0.25, -0.2) is 0 Å². The van der Waals surface area contributed by atoms with Crippen molar-refractivity contribution >= 4 is 5.71 Å². The molecule has 2 nitrogen and oxygen atoms in total. The lowest BCUT2D eigenvalue weighted by Crippen LogP contribution is -2.59. The Morgan fingerprint density at radius 3 is 2.17 bits per heavy atom. The largest absolute Gasteiger partial charge is 0.298 e. The zero-order chi connectivity index (χ0) is 16.1. The van der Waals surface area contributed by atoms with Crippen molar-refractivity contribution in [3.8, 4) is 0 Å². The van der Waals surface area contributed by atoms with E-state index in [-0.39, 0.29) is 0 Å². The average Bonchev–Trinajstić information content (AvgIpc) is 2.58. The molecule has 2 heteroatoms. The number of rotatable bonds is 0. The first-order valence-corrected chi connectivity index (χ1v) is 10.3. The first kappa shape index (κ1) is 16.1. The van der Waals surface area contributed by atoms with E-state index in [9.17, 15) is 0 Å². The molecular weight excluding hydrogens is 280 g/mol. The molecule has 0 aromatic rings. The van der Waals surface area contributed by atoms with Gasteiger partial charge < -0.3 is 0 Å². The summed E-state index contributed by atoms with van der Waals surface area (Å²) in [6.07, 6.45) is 13.0. The van der Waals surface area contributed by atoms with Crippen LogP contribution in [0.3, 0.4) is 0 Å². The van der Waals surface area contributed by atoms with Crippen molar-refractivity contribution in [2.75, 3.05) is 13.2 Å². The first-order chi connectivity index (χ1) is 11.1. The normalized spacial score (nSPS) is 50.7. The Bertz CT molecular complexity index is 464. The lowest BCUT2D eigenvalue weighted by atomic mass is 9.44. The highest BCUT2D eigenvalue weighted by Gasteiger charge is 2.58. The van der Waals surface area contributed by atoms with Gasteiger partial charge in [0.1, 0.15) is 0 Å². The highest BCUT2D eigenvalue weighted by molar-refractivity contribution is 5.94. The Labute approximate surface area is 142 Å². The maximum Gasteiger partial charge on any atom is 0.0884 e. The highest BCUT2D eigenvalue weighted by atomic mass is 15.0. The van der Waals surface area contributed by atoms with Crippen molar-refractivity contribution < 1.29 is 0 Å². The molecule has 1 N–H and O–H groups in total. The van der Waals surface area contributed by atoms with Crippen molar-refractivity contribution in [3.05, 3.63) is 0 Å². The minimum atomic E-state index is 0.456. The fraction of sp³-hybridized carbons (Fsp3) is 0.952. The smallest absolute Gasteiger partial charge is 0.0884 e. The van der Waals surface area contributed by atoms with Gasteiger partial charge in [-0.15, -0.1) is 0 Å². The zero-order valence-electron chi connectivity index (χ0n) is 15.5. The standard InChI is InChI=1S/C21H36N2/c1-15-4-8-20(9-5-15)12-18-13-22-14-23-19(18)21(17(20)3)10-6-16(2)7-11-21/h15-18,22H,4-14H2,1-3H3. The van der Waals surface area contributed by atoms with Crippen molar-refractivity contribution in [2.24, 2.45) is 39.5 Å². The molecule has 0 aromatic carbocycles. The molecule has 0 aromatic heterocycles. The fourth-order valence-electron chi connectivity index (χ4n) is 6.75. The molecule has 4 rings (SSSR count). The van der Waals surface area contributed by atoms with Crippen LogP contribution in [0.2, 0.25) is 0 Å². The lowest BCUT2D eigenvalue weighted by Gasteiger charge is -2.61. The van der Waals surface area contributed by atoms with Gasteiger partial charge in [0.05, 0.1) is 6.67 Å². The number of nitrogens with zero attached hydrogens (tertiary/aromatic N) is 1. The molecule has 3 aliphatic carbocycles. The topological polar surface area (TPSA) is 24.4 Å². The van der Waals surface area contributed by atoms with Crippen LogP contribution in [0.15, 0.2) is 4.99 Å². The number of aliphatic imine (C=N–C) groups is 1.